The van der Waals surface area contributed by atoms with Crippen LogP contribution in [-0.4, -0.2) is 45.2 Å². The molecule has 0 aliphatic rings. The van der Waals surface area contributed by atoms with E-state index < -0.39 is 5.60 Å². The zero-order valence-corrected chi connectivity index (χ0v) is 26.0. The van der Waals surface area contributed by atoms with Crippen molar-refractivity contribution in [2.75, 3.05) is 11.9 Å². The maximum Gasteiger partial charge on any atom is 0.230 e. The number of carbonyl (C=O) groups excluding carboxylic acids is 3. The van der Waals surface area contributed by atoms with Gasteiger partial charge >= 0.3 is 0 Å². The number of rotatable bonds is 16. The Morgan fingerprint density at radius 1 is 0.864 bits per heavy atom. The number of benzene rings is 2. The number of hydrogen-bond donors (Lipinski definition) is 6. The van der Waals surface area contributed by atoms with Crippen LogP contribution in [0.2, 0.25) is 0 Å². The minimum atomic E-state index is -0.982. The lowest BCUT2D eigenvalue weighted by Crippen LogP contribution is -2.38. The van der Waals surface area contributed by atoms with E-state index in [1.54, 1.807) is 26.0 Å². The van der Waals surface area contributed by atoms with Crippen LogP contribution in [0.3, 0.4) is 0 Å². The van der Waals surface area contributed by atoms with E-state index in [0.29, 0.717) is 23.7 Å². The quantitative estimate of drug-likeness (QED) is 0.104. The minimum Gasteiger partial charge on any atom is -0.402 e. The van der Waals surface area contributed by atoms with Gasteiger partial charge in [-0.3, -0.25) is 14.4 Å². The van der Waals surface area contributed by atoms with Crippen molar-refractivity contribution in [2.45, 2.75) is 64.4 Å². The molecule has 0 saturated heterocycles. The van der Waals surface area contributed by atoms with Gasteiger partial charge in [-0.1, -0.05) is 65.9 Å². The average Bonchev–Trinajstić information content (AvgIpc) is 3.40. The summed E-state index contributed by atoms with van der Waals surface area (Å²) in [4.78, 5) is 36.8. The van der Waals surface area contributed by atoms with E-state index in [1.807, 2.05) is 54.6 Å². The molecule has 2 aromatic carbocycles. The van der Waals surface area contributed by atoms with Crippen LogP contribution in [0, 0.1) is 0 Å². The summed E-state index contributed by atoms with van der Waals surface area (Å²) in [6, 6.07) is 16.7. The Balaban J connectivity index is 1.36. The molecule has 0 bridgehead atoms. The molecule has 12 heteroatoms. The van der Waals surface area contributed by atoms with Crippen LogP contribution in [0.4, 0.5) is 5.13 Å². The molecule has 0 aliphatic carbocycles. The topological polar surface area (TPSA) is 185 Å². The van der Waals surface area contributed by atoms with Crippen molar-refractivity contribution in [2.24, 2.45) is 11.5 Å². The van der Waals surface area contributed by atoms with Crippen molar-refractivity contribution < 1.29 is 19.5 Å². The molecule has 0 spiro atoms. The smallest absolute Gasteiger partial charge is 0.230 e. The van der Waals surface area contributed by atoms with Crippen molar-refractivity contribution >= 4 is 34.2 Å². The number of nitrogens with one attached hydrogen (secondary N) is 3. The van der Waals surface area contributed by atoms with Gasteiger partial charge in [0, 0.05) is 18.7 Å². The molecular formula is C32H41N7O4S. The lowest BCUT2D eigenvalue weighted by molar-refractivity contribution is -0.121. The van der Waals surface area contributed by atoms with Crippen LogP contribution < -0.4 is 27.4 Å². The molecule has 0 fully saturated rings. The first-order valence-electron chi connectivity index (χ1n) is 14.4. The van der Waals surface area contributed by atoms with E-state index in [1.165, 1.54) is 11.3 Å². The molecule has 8 N–H and O–H groups in total. The Bertz CT molecular complexity index is 1460. The largest absolute Gasteiger partial charge is 0.402 e. The van der Waals surface area contributed by atoms with Gasteiger partial charge in [-0.15, -0.1) is 10.2 Å². The molecule has 234 valence electrons. The Labute approximate surface area is 261 Å². The molecule has 3 amide bonds. The van der Waals surface area contributed by atoms with Crippen molar-refractivity contribution in [3.05, 3.63) is 100.0 Å². The van der Waals surface area contributed by atoms with Crippen molar-refractivity contribution in [3.63, 3.8) is 0 Å². The number of aliphatic hydroxyl groups is 1. The predicted octanol–water partition coefficient (Wildman–Crippen LogP) is 2.86. The number of carbonyl (C=O) groups is 3. The molecule has 1 aromatic heterocycles. The zero-order chi connectivity index (χ0) is 32.0. The molecule has 0 aliphatic heterocycles. The van der Waals surface area contributed by atoms with E-state index in [0.717, 1.165) is 34.5 Å². The van der Waals surface area contributed by atoms with Crippen LogP contribution in [0.5, 0.6) is 0 Å². The third kappa shape index (κ3) is 13.6. The minimum absolute atomic E-state index is 0.134. The average molecular weight is 620 g/mol. The second kappa shape index (κ2) is 16.9. The van der Waals surface area contributed by atoms with Gasteiger partial charge in [0.1, 0.15) is 10.8 Å². The van der Waals surface area contributed by atoms with Crippen molar-refractivity contribution in [3.8, 4) is 0 Å². The fourth-order valence-electron chi connectivity index (χ4n) is 4.08. The van der Waals surface area contributed by atoms with E-state index in [-0.39, 0.29) is 49.3 Å². The number of anilines is 1. The normalized spacial score (nSPS) is 12.1. The van der Waals surface area contributed by atoms with E-state index in [2.05, 4.69) is 26.1 Å². The number of unbranched alkanes of at least 4 members (excludes halogenated alkanes) is 1. The maximum atomic E-state index is 12.6. The Morgan fingerprint density at radius 3 is 2.23 bits per heavy atom. The van der Waals surface area contributed by atoms with Crippen molar-refractivity contribution in [1.82, 2.24) is 20.8 Å². The van der Waals surface area contributed by atoms with Gasteiger partial charge in [-0.05, 0) is 62.0 Å². The molecule has 0 unspecified atom stereocenters. The molecule has 0 radical (unpaired) electrons. The number of aryl methyl sites for hydroxylation is 1. The van der Waals surface area contributed by atoms with E-state index in [9.17, 15) is 19.5 Å². The van der Waals surface area contributed by atoms with Crippen LogP contribution in [0.1, 0.15) is 54.8 Å². The van der Waals surface area contributed by atoms with Gasteiger partial charge in [0.2, 0.25) is 22.9 Å². The molecule has 1 heterocycles. The van der Waals surface area contributed by atoms with Gasteiger partial charge in [0.05, 0.1) is 24.9 Å². The second-order valence-electron chi connectivity index (χ2n) is 11.1. The predicted molar refractivity (Wildman–Crippen MR) is 172 cm³/mol. The highest BCUT2D eigenvalue weighted by Crippen LogP contribution is 2.18. The first-order valence-corrected chi connectivity index (χ1v) is 15.2. The third-order valence-corrected chi connectivity index (χ3v) is 7.12. The molecule has 11 nitrogen and oxygen atoms in total. The number of aromatic nitrogens is 2. The fourth-order valence-corrected chi connectivity index (χ4v) is 4.88. The summed E-state index contributed by atoms with van der Waals surface area (Å²) in [5, 5.41) is 27.4. The van der Waals surface area contributed by atoms with Crippen molar-refractivity contribution in [1.29, 1.82) is 0 Å². The number of hydrogen-bond acceptors (Lipinski definition) is 9. The molecule has 3 aromatic rings. The summed E-state index contributed by atoms with van der Waals surface area (Å²) in [5.74, 6) is -0.385. The van der Waals surface area contributed by atoms with Crippen LogP contribution in [0.15, 0.2) is 78.3 Å². The van der Waals surface area contributed by atoms with Gasteiger partial charge in [-0.25, -0.2) is 0 Å². The van der Waals surface area contributed by atoms with Crippen LogP contribution in [-0.2, 0) is 40.1 Å². The van der Waals surface area contributed by atoms with Gasteiger partial charge in [-0.2, -0.15) is 0 Å². The molecule has 0 atom stereocenters. The Hall–Kier alpha value is -4.55. The molecule has 44 heavy (non-hydrogen) atoms. The summed E-state index contributed by atoms with van der Waals surface area (Å²) >= 11 is 1.33. The number of nitrogens with two attached hydrogens (primary N) is 2. The lowest BCUT2D eigenvalue weighted by atomic mass is 10.0. The zero-order valence-electron chi connectivity index (χ0n) is 25.1. The first kappa shape index (κ1) is 33.9. The lowest BCUT2D eigenvalue weighted by Gasteiger charge is -2.17. The third-order valence-electron chi connectivity index (χ3n) is 6.23. The molecular weight excluding hydrogens is 578 g/mol. The molecule has 0 saturated carbocycles. The summed E-state index contributed by atoms with van der Waals surface area (Å²) in [5.41, 5.74) is 14.1. The summed E-state index contributed by atoms with van der Waals surface area (Å²) < 4.78 is 0. The maximum absolute atomic E-state index is 12.6. The standard InChI is InChI=1S/C32H41N7O4S/c1-32(2,43)21-35-27(40)19-23-11-8-12-24(17-23)20-29(42)37-31-39-38-30(44-31)14-7-6-13-25(33)15-16-26(34)36-28(41)18-22-9-4-3-5-10-22/h3-5,8-12,15-17,43H,6-7,13-14,18-21,33-34H2,1-2H3,(H,35,40)(H,36,41)(H,37,39,42)/b25-15-,26-16+. The number of amides is 3. The van der Waals surface area contributed by atoms with Gasteiger partial charge in [0.15, 0.2) is 0 Å². The van der Waals surface area contributed by atoms with Gasteiger partial charge in [0.25, 0.3) is 0 Å². The first-order chi connectivity index (χ1) is 20.9. The Kier molecular flexibility index (Phi) is 13.1. The van der Waals surface area contributed by atoms with Crippen LogP contribution in [0.25, 0.3) is 0 Å². The number of allylic oxidation sites excluding steroid dienone is 3. The molecule has 3 rings (SSSR count). The summed E-state index contributed by atoms with van der Waals surface area (Å²) in [7, 11) is 0. The summed E-state index contributed by atoms with van der Waals surface area (Å²) in [6.07, 6.45) is 6.83. The number of nitrogens with zero attached hydrogens (tertiary/aromatic N) is 2. The van der Waals surface area contributed by atoms with Crippen LogP contribution >= 0.6 is 11.3 Å². The SMILES string of the molecule is CC(C)(O)CNC(=O)Cc1cccc(CC(=O)Nc2nnc(CCCC/C(N)=C/C=C(\N)NC(=O)Cc3ccccc3)s2)c1. The highest BCUT2D eigenvalue weighted by atomic mass is 32.1. The van der Waals surface area contributed by atoms with E-state index >= 15 is 0 Å². The monoisotopic (exact) mass is 619 g/mol. The van der Waals surface area contributed by atoms with E-state index in [4.69, 9.17) is 11.5 Å². The fraction of sp³-hybridized carbons (Fsp3) is 0.344. The summed E-state index contributed by atoms with van der Waals surface area (Å²) in [6.45, 7) is 3.41. The van der Waals surface area contributed by atoms with Gasteiger partial charge < -0.3 is 32.5 Å². The highest BCUT2D eigenvalue weighted by molar-refractivity contribution is 7.15. The second-order valence-corrected chi connectivity index (χ2v) is 12.2. The Morgan fingerprint density at radius 2 is 1.52 bits per heavy atom. The highest BCUT2D eigenvalue weighted by Gasteiger charge is 2.15.